The molecule has 1 aromatic heterocycles. The van der Waals surface area contributed by atoms with Crippen LogP contribution in [0.3, 0.4) is 0 Å². The van der Waals surface area contributed by atoms with Gasteiger partial charge in [-0.3, -0.25) is 4.79 Å². The Balaban J connectivity index is 2.02. The Labute approximate surface area is 115 Å². The fourth-order valence-corrected chi connectivity index (χ4v) is 2.03. The summed E-state index contributed by atoms with van der Waals surface area (Å²) in [6.07, 6.45) is 6.14. The van der Waals surface area contributed by atoms with Gasteiger partial charge in [-0.25, -0.2) is 9.67 Å². The Hall–Kier alpha value is -1.94. The zero-order valence-corrected chi connectivity index (χ0v) is 10.9. The molecule has 1 aliphatic carbocycles. The molecule has 96 valence electrons. The molecule has 2 aromatic rings. The van der Waals surface area contributed by atoms with E-state index in [0.29, 0.717) is 18.5 Å². The van der Waals surface area contributed by atoms with Crippen molar-refractivity contribution in [3.05, 3.63) is 48.5 Å². The van der Waals surface area contributed by atoms with Crippen LogP contribution < -0.4 is 0 Å². The average Bonchev–Trinajstić information content (AvgIpc) is 2.97. The first kappa shape index (κ1) is 12.1. The Morgan fingerprint density at radius 2 is 2.05 bits per heavy atom. The minimum absolute atomic E-state index is 0.0940. The van der Waals surface area contributed by atoms with Crippen molar-refractivity contribution in [1.82, 2.24) is 14.8 Å². The first-order valence-electron chi connectivity index (χ1n) is 6.04. The number of alkyl halides is 1. The second kappa shape index (κ2) is 4.63. The van der Waals surface area contributed by atoms with Crippen LogP contribution in [0.2, 0.25) is 0 Å². The molecule has 0 radical (unpaired) electrons. The van der Waals surface area contributed by atoms with E-state index in [-0.39, 0.29) is 5.78 Å². The summed E-state index contributed by atoms with van der Waals surface area (Å²) in [6, 6.07) is 9.62. The largest absolute Gasteiger partial charge is 0.290 e. The maximum absolute atomic E-state index is 12.4. The SMILES string of the molecule is O=C(/C(=C\c1ccccc1)n1cncn1)C1(Cl)CC1. The second-order valence-corrected chi connectivity index (χ2v) is 5.30. The monoisotopic (exact) mass is 273 g/mol. The standard InChI is InChI=1S/C14H12ClN3O/c15-14(6-7-14)13(19)12(18-10-16-9-17-18)8-11-4-2-1-3-5-11/h1-5,8-10H,6-7H2/b12-8+. The molecule has 0 spiro atoms. The molecule has 0 saturated heterocycles. The molecule has 5 heteroatoms. The molecule has 1 fully saturated rings. The zero-order chi connectivity index (χ0) is 13.3. The highest BCUT2D eigenvalue weighted by atomic mass is 35.5. The van der Waals surface area contributed by atoms with Gasteiger partial charge < -0.3 is 0 Å². The van der Waals surface area contributed by atoms with E-state index in [4.69, 9.17) is 11.6 Å². The Morgan fingerprint density at radius 1 is 1.32 bits per heavy atom. The molecular weight excluding hydrogens is 262 g/mol. The molecule has 0 N–H and O–H groups in total. The number of aromatic nitrogens is 3. The van der Waals surface area contributed by atoms with Crippen LogP contribution in [-0.2, 0) is 4.79 Å². The van der Waals surface area contributed by atoms with Crippen LogP contribution in [0.15, 0.2) is 43.0 Å². The number of Topliss-reactive ketones (excluding diaryl/α,β-unsaturated/α-hetero) is 1. The number of ketones is 1. The summed E-state index contributed by atoms with van der Waals surface area (Å²) in [7, 11) is 0. The van der Waals surface area contributed by atoms with Gasteiger partial charge in [0.25, 0.3) is 0 Å². The quantitative estimate of drug-likeness (QED) is 0.635. The first-order valence-corrected chi connectivity index (χ1v) is 6.42. The third kappa shape index (κ3) is 2.44. The van der Waals surface area contributed by atoms with Crippen molar-refractivity contribution in [1.29, 1.82) is 0 Å². The van der Waals surface area contributed by atoms with Crippen LogP contribution >= 0.6 is 11.6 Å². The van der Waals surface area contributed by atoms with E-state index in [2.05, 4.69) is 10.1 Å². The summed E-state index contributed by atoms with van der Waals surface area (Å²) in [5, 5.41) is 4.03. The molecule has 4 nitrogen and oxygen atoms in total. The molecule has 1 heterocycles. The topological polar surface area (TPSA) is 47.8 Å². The van der Waals surface area contributed by atoms with Crippen molar-refractivity contribution in [3.8, 4) is 0 Å². The second-order valence-electron chi connectivity index (χ2n) is 4.57. The summed E-state index contributed by atoms with van der Waals surface area (Å²) >= 11 is 6.22. The maximum Gasteiger partial charge on any atom is 0.202 e. The third-order valence-electron chi connectivity index (χ3n) is 3.10. The van der Waals surface area contributed by atoms with Gasteiger partial charge in [0.1, 0.15) is 23.2 Å². The van der Waals surface area contributed by atoms with E-state index in [1.54, 1.807) is 6.08 Å². The highest BCUT2D eigenvalue weighted by Crippen LogP contribution is 2.45. The lowest BCUT2D eigenvalue weighted by Crippen LogP contribution is -2.21. The number of hydrogen-bond acceptors (Lipinski definition) is 3. The van der Waals surface area contributed by atoms with E-state index in [1.807, 2.05) is 30.3 Å². The van der Waals surface area contributed by atoms with E-state index >= 15 is 0 Å². The van der Waals surface area contributed by atoms with Crippen LogP contribution in [0.5, 0.6) is 0 Å². The Bertz CT molecular complexity index is 615. The van der Waals surface area contributed by atoms with Crippen LogP contribution in [0, 0.1) is 0 Å². The summed E-state index contributed by atoms with van der Waals surface area (Å²) in [5.41, 5.74) is 1.39. The van der Waals surface area contributed by atoms with E-state index < -0.39 is 4.87 Å². The van der Waals surface area contributed by atoms with Crippen molar-refractivity contribution >= 4 is 29.2 Å². The number of halogens is 1. The van der Waals surface area contributed by atoms with Crippen molar-refractivity contribution in [2.75, 3.05) is 0 Å². The van der Waals surface area contributed by atoms with Gasteiger partial charge in [-0.05, 0) is 24.5 Å². The number of carbonyl (C=O) groups is 1. The smallest absolute Gasteiger partial charge is 0.202 e. The Kier molecular flexibility index (Phi) is 2.95. The van der Waals surface area contributed by atoms with Gasteiger partial charge in [-0.1, -0.05) is 30.3 Å². The van der Waals surface area contributed by atoms with Gasteiger partial charge in [0, 0.05) is 0 Å². The van der Waals surface area contributed by atoms with Crippen LogP contribution in [0.4, 0.5) is 0 Å². The summed E-state index contributed by atoms with van der Waals surface area (Å²) in [4.78, 5) is 15.6. The Morgan fingerprint density at radius 3 is 2.63 bits per heavy atom. The van der Waals surface area contributed by atoms with Gasteiger partial charge in [0.2, 0.25) is 5.78 Å². The van der Waals surface area contributed by atoms with Gasteiger partial charge in [-0.15, -0.1) is 11.6 Å². The van der Waals surface area contributed by atoms with Gasteiger partial charge in [-0.2, -0.15) is 5.10 Å². The lowest BCUT2D eigenvalue weighted by molar-refractivity contribution is -0.114. The predicted molar refractivity (Wildman–Crippen MR) is 73.5 cm³/mol. The summed E-state index contributed by atoms with van der Waals surface area (Å²) < 4.78 is 1.47. The summed E-state index contributed by atoms with van der Waals surface area (Å²) in [5.74, 6) is -0.0940. The van der Waals surface area contributed by atoms with Crippen LogP contribution in [-0.4, -0.2) is 25.4 Å². The molecule has 0 atom stereocenters. The minimum atomic E-state index is -0.743. The number of allylic oxidation sites excluding steroid dienone is 1. The van der Waals surface area contributed by atoms with E-state index in [0.717, 1.165) is 5.56 Å². The number of carbonyl (C=O) groups excluding carboxylic acids is 1. The molecule has 0 unspecified atom stereocenters. The van der Waals surface area contributed by atoms with Crippen molar-refractivity contribution in [2.45, 2.75) is 17.7 Å². The van der Waals surface area contributed by atoms with Crippen molar-refractivity contribution in [2.24, 2.45) is 0 Å². The van der Waals surface area contributed by atoms with Gasteiger partial charge in [0.05, 0.1) is 0 Å². The number of nitrogens with zero attached hydrogens (tertiary/aromatic N) is 3. The molecule has 1 aromatic carbocycles. The fourth-order valence-electron chi connectivity index (χ4n) is 1.84. The summed E-state index contributed by atoms with van der Waals surface area (Å²) in [6.45, 7) is 0. The normalized spacial score (nSPS) is 17.2. The molecule has 0 bridgehead atoms. The lowest BCUT2D eigenvalue weighted by Gasteiger charge is -2.09. The van der Waals surface area contributed by atoms with E-state index in [9.17, 15) is 4.79 Å². The van der Waals surface area contributed by atoms with Crippen molar-refractivity contribution in [3.63, 3.8) is 0 Å². The first-order chi connectivity index (χ1) is 9.19. The number of rotatable bonds is 4. The van der Waals surface area contributed by atoms with Crippen molar-refractivity contribution < 1.29 is 4.79 Å². The predicted octanol–water partition coefficient (Wildman–Crippen LogP) is 2.62. The molecule has 19 heavy (non-hydrogen) atoms. The molecule has 0 amide bonds. The van der Waals surface area contributed by atoms with Gasteiger partial charge in [0.15, 0.2) is 0 Å². The molecule has 3 rings (SSSR count). The number of hydrogen-bond donors (Lipinski definition) is 0. The fraction of sp³-hybridized carbons (Fsp3) is 0.214. The highest BCUT2D eigenvalue weighted by molar-refractivity contribution is 6.45. The van der Waals surface area contributed by atoms with Gasteiger partial charge >= 0.3 is 0 Å². The highest BCUT2D eigenvalue weighted by Gasteiger charge is 2.49. The lowest BCUT2D eigenvalue weighted by atomic mass is 10.1. The third-order valence-corrected chi connectivity index (χ3v) is 3.65. The number of benzene rings is 1. The van der Waals surface area contributed by atoms with Crippen LogP contribution in [0.1, 0.15) is 18.4 Å². The molecular formula is C14H12ClN3O. The maximum atomic E-state index is 12.4. The molecule has 1 saturated carbocycles. The average molecular weight is 274 g/mol. The molecule has 0 aliphatic heterocycles. The van der Waals surface area contributed by atoms with E-state index in [1.165, 1.54) is 17.3 Å². The minimum Gasteiger partial charge on any atom is -0.290 e. The zero-order valence-electron chi connectivity index (χ0n) is 10.2. The molecule has 1 aliphatic rings. The van der Waals surface area contributed by atoms with Crippen LogP contribution in [0.25, 0.3) is 11.8 Å².